The molecule has 3 rings (SSSR count). The summed E-state index contributed by atoms with van der Waals surface area (Å²) in [5, 5.41) is 7.75. The first-order valence-electron chi connectivity index (χ1n) is 8.14. The molecular weight excluding hydrogens is 381 g/mol. The summed E-state index contributed by atoms with van der Waals surface area (Å²) in [6, 6.07) is 0. The van der Waals surface area contributed by atoms with Gasteiger partial charge in [0.05, 0.1) is 34.7 Å². The average Bonchev–Trinajstić information content (AvgIpc) is 3.22. The van der Waals surface area contributed by atoms with Crippen LogP contribution >= 0.6 is 11.8 Å². The Labute approximate surface area is 157 Å². The van der Waals surface area contributed by atoms with Gasteiger partial charge in [-0.15, -0.1) is 11.8 Å². The molecule has 0 radical (unpaired) electrons. The van der Waals surface area contributed by atoms with Gasteiger partial charge in [-0.05, 0) is 20.3 Å². The third-order valence-corrected chi connectivity index (χ3v) is 5.15. The Balaban J connectivity index is 1.82. The zero-order chi connectivity index (χ0) is 19.6. The molecule has 11 heteroatoms. The van der Waals surface area contributed by atoms with Crippen molar-refractivity contribution >= 4 is 11.8 Å². The molecule has 144 valence electrons. The van der Waals surface area contributed by atoms with Crippen LogP contribution in [0, 0.1) is 13.8 Å². The molecule has 0 aliphatic carbocycles. The predicted octanol–water partition coefficient (Wildman–Crippen LogP) is 4.08. The smallest absolute Gasteiger partial charge is 0.334 e. The fourth-order valence-electron chi connectivity index (χ4n) is 2.35. The summed E-state index contributed by atoms with van der Waals surface area (Å²) in [4.78, 5) is 12.5. The van der Waals surface area contributed by atoms with Crippen molar-refractivity contribution in [2.45, 2.75) is 38.6 Å². The SMILES string of the molecule is CCC(SCC(F)(F)F)c1noc(-c2cn(-c3cnc(C)nc3)nc2C)n1. The lowest BCUT2D eigenvalue weighted by Gasteiger charge is -2.11. The van der Waals surface area contributed by atoms with E-state index in [2.05, 4.69) is 25.2 Å². The predicted molar refractivity (Wildman–Crippen MR) is 93.5 cm³/mol. The van der Waals surface area contributed by atoms with Crippen molar-refractivity contribution in [2.24, 2.45) is 0 Å². The number of halogens is 3. The molecular formula is C16H17F3N6OS. The van der Waals surface area contributed by atoms with Crippen molar-refractivity contribution in [3.63, 3.8) is 0 Å². The van der Waals surface area contributed by atoms with Crippen molar-refractivity contribution in [3.8, 4) is 17.1 Å². The molecule has 1 unspecified atom stereocenters. The normalized spacial score (nSPS) is 13.1. The molecule has 0 bridgehead atoms. The Morgan fingerprint density at radius 3 is 2.56 bits per heavy atom. The van der Waals surface area contributed by atoms with Crippen LogP contribution in [0.5, 0.6) is 0 Å². The van der Waals surface area contributed by atoms with Crippen molar-refractivity contribution < 1.29 is 17.7 Å². The van der Waals surface area contributed by atoms with Crippen LogP contribution in [0.3, 0.4) is 0 Å². The van der Waals surface area contributed by atoms with Gasteiger partial charge in [-0.3, -0.25) is 0 Å². The van der Waals surface area contributed by atoms with Crippen LogP contribution in [-0.4, -0.2) is 41.8 Å². The highest BCUT2D eigenvalue weighted by Gasteiger charge is 2.30. The van der Waals surface area contributed by atoms with Gasteiger partial charge in [0.1, 0.15) is 11.5 Å². The average molecular weight is 398 g/mol. The second kappa shape index (κ2) is 7.67. The number of nitrogens with zero attached hydrogens (tertiary/aromatic N) is 6. The van der Waals surface area contributed by atoms with Gasteiger partial charge in [0.25, 0.3) is 5.89 Å². The first kappa shape index (κ1) is 19.3. The number of thioether (sulfide) groups is 1. The summed E-state index contributed by atoms with van der Waals surface area (Å²) in [5.41, 5.74) is 1.91. The van der Waals surface area contributed by atoms with Crippen LogP contribution in [0.1, 0.15) is 35.9 Å². The molecule has 0 aliphatic rings. The molecule has 0 saturated carbocycles. The molecule has 0 amide bonds. The minimum absolute atomic E-state index is 0.216. The molecule has 3 aromatic rings. The van der Waals surface area contributed by atoms with E-state index in [0.29, 0.717) is 29.2 Å². The summed E-state index contributed by atoms with van der Waals surface area (Å²) in [6.45, 7) is 5.34. The van der Waals surface area contributed by atoms with E-state index >= 15 is 0 Å². The van der Waals surface area contributed by atoms with E-state index in [1.165, 1.54) is 0 Å². The largest absolute Gasteiger partial charge is 0.397 e. The second-order valence-electron chi connectivity index (χ2n) is 5.84. The molecule has 0 fully saturated rings. The highest BCUT2D eigenvalue weighted by molar-refractivity contribution is 7.99. The van der Waals surface area contributed by atoms with Crippen LogP contribution < -0.4 is 0 Å². The number of aryl methyl sites for hydroxylation is 2. The maximum absolute atomic E-state index is 12.5. The second-order valence-corrected chi connectivity index (χ2v) is 7.03. The van der Waals surface area contributed by atoms with Gasteiger partial charge < -0.3 is 4.52 Å². The number of hydrogen-bond donors (Lipinski definition) is 0. The molecule has 0 N–H and O–H groups in total. The van der Waals surface area contributed by atoms with Gasteiger partial charge in [-0.2, -0.15) is 23.3 Å². The molecule has 0 spiro atoms. The van der Waals surface area contributed by atoms with Crippen molar-refractivity contribution in [1.29, 1.82) is 0 Å². The summed E-state index contributed by atoms with van der Waals surface area (Å²) in [5.74, 6) is 0.145. The van der Waals surface area contributed by atoms with Crippen LogP contribution in [0.2, 0.25) is 0 Å². The van der Waals surface area contributed by atoms with E-state index in [1.807, 2.05) is 0 Å². The van der Waals surface area contributed by atoms with E-state index in [-0.39, 0.29) is 11.7 Å². The van der Waals surface area contributed by atoms with E-state index in [4.69, 9.17) is 4.52 Å². The maximum atomic E-state index is 12.5. The fourth-order valence-corrected chi connectivity index (χ4v) is 3.22. The standard InChI is InChI=1S/C16H17F3N6OS/c1-4-13(27-8-16(17,18)19)14-22-15(26-24-14)12-7-25(23-9(12)2)11-5-20-10(3)21-6-11/h5-7,13H,4,8H2,1-3H3. The minimum Gasteiger partial charge on any atom is -0.334 e. The number of alkyl halides is 3. The van der Waals surface area contributed by atoms with Gasteiger partial charge in [-0.25, -0.2) is 14.6 Å². The van der Waals surface area contributed by atoms with Gasteiger partial charge in [0.2, 0.25) is 0 Å². The summed E-state index contributed by atoms with van der Waals surface area (Å²) in [7, 11) is 0. The lowest BCUT2D eigenvalue weighted by Crippen LogP contribution is -2.12. The molecule has 0 saturated heterocycles. The monoisotopic (exact) mass is 398 g/mol. The fraction of sp³-hybridized carbons (Fsp3) is 0.438. The Morgan fingerprint density at radius 2 is 1.93 bits per heavy atom. The molecule has 0 aromatic carbocycles. The highest BCUT2D eigenvalue weighted by atomic mass is 32.2. The molecule has 0 aliphatic heterocycles. The first-order valence-corrected chi connectivity index (χ1v) is 9.19. The quantitative estimate of drug-likeness (QED) is 0.619. The van der Waals surface area contributed by atoms with Crippen LogP contribution in [0.25, 0.3) is 17.1 Å². The topological polar surface area (TPSA) is 82.5 Å². The summed E-state index contributed by atoms with van der Waals surface area (Å²) in [6.07, 6.45) is 1.19. The Hall–Kier alpha value is -2.43. The Bertz CT molecular complexity index is 906. The first-order chi connectivity index (χ1) is 12.8. The molecule has 27 heavy (non-hydrogen) atoms. The van der Waals surface area contributed by atoms with Gasteiger partial charge >= 0.3 is 6.18 Å². The third kappa shape index (κ3) is 4.65. The van der Waals surface area contributed by atoms with E-state index in [1.54, 1.807) is 44.0 Å². The Morgan fingerprint density at radius 1 is 1.22 bits per heavy atom. The van der Waals surface area contributed by atoms with Crippen LogP contribution in [-0.2, 0) is 0 Å². The van der Waals surface area contributed by atoms with E-state index in [9.17, 15) is 13.2 Å². The summed E-state index contributed by atoms with van der Waals surface area (Å²) >= 11 is 0.750. The third-order valence-electron chi connectivity index (χ3n) is 3.71. The van der Waals surface area contributed by atoms with Gasteiger partial charge in [0, 0.05) is 6.20 Å². The van der Waals surface area contributed by atoms with Crippen molar-refractivity contribution in [1.82, 2.24) is 29.9 Å². The summed E-state index contributed by atoms with van der Waals surface area (Å²) < 4.78 is 44.3. The zero-order valence-corrected chi connectivity index (χ0v) is 15.7. The van der Waals surface area contributed by atoms with Crippen LogP contribution in [0.15, 0.2) is 23.1 Å². The highest BCUT2D eigenvalue weighted by Crippen LogP contribution is 2.35. The molecule has 3 heterocycles. The van der Waals surface area contributed by atoms with E-state index < -0.39 is 17.2 Å². The maximum Gasteiger partial charge on any atom is 0.397 e. The number of hydrogen-bond acceptors (Lipinski definition) is 7. The molecule has 7 nitrogen and oxygen atoms in total. The Kier molecular flexibility index (Phi) is 5.49. The molecule has 3 aromatic heterocycles. The van der Waals surface area contributed by atoms with Crippen molar-refractivity contribution in [2.75, 3.05) is 5.75 Å². The lowest BCUT2D eigenvalue weighted by molar-refractivity contribution is -0.105. The zero-order valence-electron chi connectivity index (χ0n) is 14.9. The van der Waals surface area contributed by atoms with E-state index in [0.717, 1.165) is 11.8 Å². The number of rotatable bonds is 6. The van der Waals surface area contributed by atoms with Gasteiger partial charge in [0.15, 0.2) is 5.82 Å². The number of aromatic nitrogens is 6. The molecule has 1 atom stereocenters. The van der Waals surface area contributed by atoms with Gasteiger partial charge in [-0.1, -0.05) is 12.1 Å². The lowest BCUT2D eigenvalue weighted by atomic mass is 10.2. The minimum atomic E-state index is -4.24. The van der Waals surface area contributed by atoms with Crippen LogP contribution in [0.4, 0.5) is 13.2 Å². The van der Waals surface area contributed by atoms with Crippen molar-refractivity contribution in [3.05, 3.63) is 35.9 Å².